The van der Waals surface area contributed by atoms with E-state index in [1.807, 2.05) is 0 Å². The Labute approximate surface area is 34.5 Å². The molecule has 0 aromatic rings. The van der Waals surface area contributed by atoms with Crippen LogP contribution in [0.2, 0.25) is 11.0 Å². The van der Waals surface area contributed by atoms with E-state index in [4.69, 9.17) is 0 Å². The van der Waals surface area contributed by atoms with Gasteiger partial charge in [0.1, 0.15) is 0 Å². The summed E-state index contributed by atoms with van der Waals surface area (Å²) in [5.74, 6) is 0. The van der Waals surface area contributed by atoms with Crippen LogP contribution in [0.15, 0.2) is 0 Å². The summed E-state index contributed by atoms with van der Waals surface area (Å²) >= 11 is 0.312. The normalized spacial score (nSPS) is 2.50. The second-order valence-electron chi connectivity index (χ2n) is 0.577. The Kier molecular flexibility index (Phi) is 21.0. The zero-order valence-corrected chi connectivity index (χ0v) is 5.45. The van der Waals surface area contributed by atoms with E-state index >= 15 is 0 Å². The average molecular weight is 117 g/mol. The van der Waals surface area contributed by atoms with Gasteiger partial charge in [-0.1, -0.05) is 0 Å². The zero-order chi connectivity index (χ0) is 2.71. The van der Waals surface area contributed by atoms with Gasteiger partial charge in [-0.15, -0.1) is 0 Å². The molecule has 0 heterocycles. The Bertz CT molecular complexity index is 6.00. The summed E-state index contributed by atoms with van der Waals surface area (Å²) in [5, 5.41) is 0. The molecule has 1 N–H and O–H groups in total. The van der Waals surface area contributed by atoms with Gasteiger partial charge in [-0.25, -0.2) is 0 Å². The maximum absolute atomic E-state index is 2.28. The van der Waals surface area contributed by atoms with E-state index in [2.05, 4.69) is 11.0 Å². The van der Waals surface area contributed by atoms with Crippen LogP contribution in [0.4, 0.5) is 0 Å². The van der Waals surface area contributed by atoms with Gasteiger partial charge >= 0.3 is 28.4 Å². The molecular formula is C2H7GaO. The summed E-state index contributed by atoms with van der Waals surface area (Å²) in [7, 11) is 0. The standard InChI is InChI=1S/2CH3.Ga.H2O/h2*1H3;;1H2/q;;+1;/p-1. The maximum atomic E-state index is 2.28. The predicted octanol–water partition coefficient (Wildman–Crippen LogP) is 0.610. The van der Waals surface area contributed by atoms with Gasteiger partial charge in [-0.3, -0.25) is 0 Å². The minimum atomic E-state index is 0. The Morgan fingerprint density at radius 2 is 1.25 bits per heavy atom. The van der Waals surface area contributed by atoms with E-state index in [-0.39, 0.29) is 5.48 Å². The van der Waals surface area contributed by atoms with Gasteiger partial charge in [0, 0.05) is 0 Å². The molecule has 0 saturated heterocycles. The van der Waals surface area contributed by atoms with Crippen molar-refractivity contribution >= 4 is 17.4 Å². The van der Waals surface area contributed by atoms with Gasteiger partial charge in [-0.2, -0.15) is 0 Å². The minimum absolute atomic E-state index is 0. The molecule has 0 aromatic carbocycles. The minimum Gasteiger partial charge on any atom is -0.870 e. The van der Waals surface area contributed by atoms with Crippen LogP contribution in [0.1, 0.15) is 0 Å². The summed E-state index contributed by atoms with van der Waals surface area (Å²) in [6, 6.07) is 0. The molecule has 0 bridgehead atoms. The molecule has 0 atom stereocenters. The van der Waals surface area contributed by atoms with Crippen molar-refractivity contribution in [2.75, 3.05) is 0 Å². The molecule has 0 aliphatic heterocycles. The second-order valence-corrected chi connectivity index (χ2v) is 3.00. The van der Waals surface area contributed by atoms with Crippen molar-refractivity contribution in [1.82, 2.24) is 0 Å². The summed E-state index contributed by atoms with van der Waals surface area (Å²) in [6.07, 6.45) is 0. The third kappa shape index (κ3) is 18.6. The van der Waals surface area contributed by atoms with Crippen LogP contribution in [0.25, 0.3) is 0 Å². The maximum Gasteiger partial charge on any atom is -0.870 e. The number of rotatable bonds is 0. The van der Waals surface area contributed by atoms with Crippen molar-refractivity contribution in [3.63, 3.8) is 0 Å². The van der Waals surface area contributed by atoms with Crippen LogP contribution in [0.3, 0.4) is 0 Å². The monoisotopic (exact) mass is 116 g/mol. The number of hydrogen-bond acceptors (Lipinski definition) is 1. The summed E-state index contributed by atoms with van der Waals surface area (Å²) in [4.78, 5) is 0. The molecular weight excluding hydrogens is 110 g/mol. The summed E-state index contributed by atoms with van der Waals surface area (Å²) in [5.41, 5.74) is 4.56. The largest absolute Gasteiger partial charge is 0.870 e. The molecule has 0 saturated carbocycles. The van der Waals surface area contributed by atoms with E-state index in [9.17, 15) is 0 Å². The quantitative estimate of drug-likeness (QED) is 0.427. The Morgan fingerprint density at radius 1 is 1.25 bits per heavy atom. The zero-order valence-electron chi connectivity index (χ0n) is 3.02. The molecule has 24 valence electrons. The fourth-order valence-corrected chi connectivity index (χ4v) is 0. The third-order valence-electron chi connectivity index (χ3n) is 0. The Hall–Kier alpha value is 0.596. The first-order chi connectivity index (χ1) is 1.41. The molecule has 0 aromatic heterocycles. The molecule has 0 radical (unpaired) electrons. The van der Waals surface area contributed by atoms with E-state index < -0.39 is 0 Å². The van der Waals surface area contributed by atoms with Crippen LogP contribution in [0.5, 0.6) is 0 Å². The average Bonchev–Trinajstić information content (AvgIpc) is 0.918. The van der Waals surface area contributed by atoms with E-state index in [1.165, 1.54) is 0 Å². The first kappa shape index (κ1) is 8.82. The molecule has 0 spiro atoms. The Morgan fingerprint density at radius 3 is 1.25 bits per heavy atom. The molecule has 0 rings (SSSR count). The van der Waals surface area contributed by atoms with Crippen molar-refractivity contribution in [3.8, 4) is 0 Å². The SMILES string of the molecule is [CH3][Ga+][CH3].[OH-]. The van der Waals surface area contributed by atoms with Gasteiger partial charge in [-0.05, 0) is 0 Å². The van der Waals surface area contributed by atoms with Crippen LogP contribution in [0, 0.1) is 0 Å². The van der Waals surface area contributed by atoms with Crippen molar-refractivity contribution in [1.29, 1.82) is 0 Å². The van der Waals surface area contributed by atoms with Crippen molar-refractivity contribution in [2.45, 2.75) is 11.0 Å². The topological polar surface area (TPSA) is 30.0 Å². The molecule has 4 heavy (non-hydrogen) atoms. The molecule has 0 fully saturated rings. The van der Waals surface area contributed by atoms with Crippen LogP contribution >= 0.6 is 0 Å². The first-order valence-corrected chi connectivity index (χ1v) is 6.00. The van der Waals surface area contributed by atoms with E-state index in [0.29, 0.717) is 17.4 Å². The van der Waals surface area contributed by atoms with Crippen LogP contribution in [-0.2, 0) is 0 Å². The fraction of sp³-hybridized carbons (Fsp3) is 1.00. The van der Waals surface area contributed by atoms with Crippen molar-refractivity contribution < 1.29 is 5.48 Å². The molecule has 0 aliphatic carbocycles. The van der Waals surface area contributed by atoms with E-state index in [0.717, 1.165) is 0 Å². The molecule has 0 aliphatic rings. The first-order valence-electron chi connectivity index (χ1n) is 1.15. The van der Waals surface area contributed by atoms with Crippen molar-refractivity contribution in [2.24, 2.45) is 0 Å². The summed E-state index contributed by atoms with van der Waals surface area (Å²) < 4.78 is 0. The van der Waals surface area contributed by atoms with Crippen molar-refractivity contribution in [3.05, 3.63) is 0 Å². The molecule has 0 unspecified atom stereocenters. The van der Waals surface area contributed by atoms with Gasteiger partial charge in [0.05, 0.1) is 0 Å². The van der Waals surface area contributed by atoms with Crippen LogP contribution < -0.4 is 0 Å². The van der Waals surface area contributed by atoms with Gasteiger partial charge in [0.15, 0.2) is 0 Å². The molecule has 0 amide bonds. The number of hydrogen-bond donors (Lipinski definition) is 0. The van der Waals surface area contributed by atoms with Gasteiger partial charge in [0.25, 0.3) is 0 Å². The predicted molar refractivity (Wildman–Crippen MR) is 19.4 cm³/mol. The van der Waals surface area contributed by atoms with Gasteiger partial charge < -0.3 is 5.48 Å². The Balaban J connectivity index is 0. The molecule has 2 heteroatoms. The van der Waals surface area contributed by atoms with E-state index in [1.54, 1.807) is 0 Å². The third-order valence-corrected chi connectivity index (χ3v) is 0. The van der Waals surface area contributed by atoms with Crippen LogP contribution in [-0.4, -0.2) is 22.9 Å². The fourth-order valence-electron chi connectivity index (χ4n) is 0. The smallest absolute Gasteiger partial charge is 0.870 e. The molecule has 1 nitrogen and oxygen atoms in total. The second kappa shape index (κ2) is 9.51. The van der Waals surface area contributed by atoms with Gasteiger partial charge in [0.2, 0.25) is 0 Å². The summed E-state index contributed by atoms with van der Waals surface area (Å²) in [6.45, 7) is 0.